The van der Waals surface area contributed by atoms with E-state index in [0.29, 0.717) is 18.3 Å². The lowest BCUT2D eigenvalue weighted by Crippen LogP contribution is -2.37. The molecule has 0 atom stereocenters. The summed E-state index contributed by atoms with van der Waals surface area (Å²) in [5, 5.41) is 3.16. The number of alkyl halides is 1. The molecule has 0 bridgehead atoms. The minimum absolute atomic E-state index is 0.0644. The summed E-state index contributed by atoms with van der Waals surface area (Å²) in [6.07, 6.45) is 0.406. The second-order valence-corrected chi connectivity index (χ2v) is 3.42. The minimum atomic E-state index is -0.102. The SMILES string of the molecule is CCN(C)C(=O)CNC(=O)CCBr. The molecule has 76 valence electrons. The zero-order chi connectivity index (χ0) is 10.3. The van der Waals surface area contributed by atoms with E-state index in [0.717, 1.165) is 0 Å². The van der Waals surface area contributed by atoms with Crippen LogP contribution in [0.15, 0.2) is 0 Å². The van der Waals surface area contributed by atoms with Gasteiger partial charge in [-0.05, 0) is 6.92 Å². The predicted molar refractivity (Wildman–Crippen MR) is 54.7 cm³/mol. The Kier molecular flexibility index (Phi) is 6.58. The number of amides is 2. The molecule has 4 nitrogen and oxygen atoms in total. The summed E-state index contributed by atoms with van der Waals surface area (Å²) in [5.74, 6) is -0.167. The lowest BCUT2D eigenvalue weighted by Gasteiger charge is -2.14. The number of halogens is 1. The van der Waals surface area contributed by atoms with E-state index in [1.54, 1.807) is 11.9 Å². The van der Waals surface area contributed by atoms with Crippen LogP contribution in [0.5, 0.6) is 0 Å². The molecular formula is C8H15BrN2O2. The molecule has 0 unspecified atom stereocenters. The third kappa shape index (κ3) is 5.63. The Balaban J connectivity index is 3.63. The van der Waals surface area contributed by atoms with Crippen LogP contribution in [-0.4, -0.2) is 42.2 Å². The van der Waals surface area contributed by atoms with Crippen molar-refractivity contribution in [3.63, 3.8) is 0 Å². The molecule has 1 N–H and O–H groups in total. The van der Waals surface area contributed by atoms with Gasteiger partial charge in [0.25, 0.3) is 0 Å². The summed E-state index contributed by atoms with van der Waals surface area (Å²) in [5.41, 5.74) is 0. The molecule has 2 amide bonds. The molecule has 13 heavy (non-hydrogen) atoms. The standard InChI is InChI=1S/C8H15BrN2O2/c1-3-11(2)8(13)6-10-7(12)4-5-9/h3-6H2,1-2H3,(H,10,12). The van der Waals surface area contributed by atoms with Gasteiger partial charge in [0.15, 0.2) is 0 Å². The lowest BCUT2D eigenvalue weighted by molar-refractivity contribution is -0.131. The van der Waals surface area contributed by atoms with E-state index in [9.17, 15) is 9.59 Å². The summed E-state index contributed by atoms with van der Waals surface area (Å²) in [6, 6.07) is 0. The Hall–Kier alpha value is -0.580. The maximum absolute atomic E-state index is 11.2. The van der Waals surface area contributed by atoms with Crippen LogP contribution in [0.4, 0.5) is 0 Å². The zero-order valence-electron chi connectivity index (χ0n) is 7.97. The average molecular weight is 251 g/mol. The number of likely N-dealkylation sites (N-methyl/N-ethyl adjacent to an activating group) is 1. The van der Waals surface area contributed by atoms with Gasteiger partial charge >= 0.3 is 0 Å². The molecule has 0 aliphatic rings. The number of nitrogens with one attached hydrogen (secondary N) is 1. The van der Waals surface area contributed by atoms with E-state index in [-0.39, 0.29) is 18.4 Å². The summed E-state index contributed by atoms with van der Waals surface area (Å²) >= 11 is 3.14. The van der Waals surface area contributed by atoms with Gasteiger partial charge < -0.3 is 10.2 Å². The molecule has 0 heterocycles. The number of carbonyl (C=O) groups excluding carboxylic acids is 2. The van der Waals surface area contributed by atoms with Crippen molar-refractivity contribution in [2.24, 2.45) is 0 Å². The average Bonchev–Trinajstić information content (AvgIpc) is 2.13. The monoisotopic (exact) mass is 250 g/mol. The second kappa shape index (κ2) is 6.88. The van der Waals surface area contributed by atoms with Crippen molar-refractivity contribution in [2.75, 3.05) is 25.5 Å². The van der Waals surface area contributed by atoms with Crippen LogP contribution in [0.3, 0.4) is 0 Å². The van der Waals surface area contributed by atoms with Gasteiger partial charge in [-0.1, -0.05) is 15.9 Å². The zero-order valence-corrected chi connectivity index (χ0v) is 9.56. The number of rotatable bonds is 5. The maximum Gasteiger partial charge on any atom is 0.241 e. The molecule has 0 radical (unpaired) electrons. The molecule has 0 aromatic heterocycles. The minimum Gasteiger partial charge on any atom is -0.347 e. The van der Waals surface area contributed by atoms with Crippen LogP contribution in [0.2, 0.25) is 0 Å². The van der Waals surface area contributed by atoms with Gasteiger partial charge in [0.05, 0.1) is 6.54 Å². The van der Waals surface area contributed by atoms with Gasteiger partial charge in [-0.3, -0.25) is 9.59 Å². The van der Waals surface area contributed by atoms with Crippen LogP contribution in [0.25, 0.3) is 0 Å². The van der Waals surface area contributed by atoms with Gasteiger partial charge in [0.2, 0.25) is 11.8 Å². The summed E-state index contributed by atoms with van der Waals surface area (Å²) < 4.78 is 0. The van der Waals surface area contributed by atoms with Gasteiger partial charge in [0.1, 0.15) is 0 Å². The molecule has 5 heteroatoms. The molecule has 0 aromatic carbocycles. The van der Waals surface area contributed by atoms with Crippen LogP contribution in [0, 0.1) is 0 Å². The Labute approximate surface area is 86.8 Å². The number of hydrogen-bond acceptors (Lipinski definition) is 2. The van der Waals surface area contributed by atoms with Crippen molar-refractivity contribution in [1.82, 2.24) is 10.2 Å². The number of carbonyl (C=O) groups is 2. The van der Waals surface area contributed by atoms with Crippen molar-refractivity contribution < 1.29 is 9.59 Å². The van der Waals surface area contributed by atoms with Crippen LogP contribution < -0.4 is 5.32 Å². The highest BCUT2D eigenvalue weighted by molar-refractivity contribution is 9.09. The van der Waals surface area contributed by atoms with Crippen molar-refractivity contribution >= 4 is 27.7 Å². The Morgan fingerprint density at radius 3 is 2.54 bits per heavy atom. The fraction of sp³-hybridized carbons (Fsp3) is 0.750. The van der Waals surface area contributed by atoms with Gasteiger partial charge in [-0.2, -0.15) is 0 Å². The second-order valence-electron chi connectivity index (χ2n) is 2.62. The first kappa shape index (κ1) is 12.4. The van der Waals surface area contributed by atoms with Crippen LogP contribution in [0.1, 0.15) is 13.3 Å². The highest BCUT2D eigenvalue weighted by Crippen LogP contribution is 1.87. The molecule has 0 fully saturated rings. The highest BCUT2D eigenvalue weighted by Gasteiger charge is 2.07. The smallest absolute Gasteiger partial charge is 0.241 e. The molecular weight excluding hydrogens is 236 g/mol. The Morgan fingerprint density at radius 1 is 1.46 bits per heavy atom. The van der Waals surface area contributed by atoms with Gasteiger partial charge in [0, 0.05) is 25.3 Å². The van der Waals surface area contributed by atoms with E-state index in [2.05, 4.69) is 21.2 Å². The van der Waals surface area contributed by atoms with E-state index in [1.165, 1.54) is 0 Å². The fourth-order valence-corrected chi connectivity index (χ4v) is 1.02. The Morgan fingerprint density at radius 2 is 2.08 bits per heavy atom. The molecule has 0 saturated heterocycles. The van der Waals surface area contributed by atoms with Crippen molar-refractivity contribution in [3.05, 3.63) is 0 Å². The lowest BCUT2D eigenvalue weighted by atomic mass is 10.4. The highest BCUT2D eigenvalue weighted by atomic mass is 79.9. The van der Waals surface area contributed by atoms with E-state index in [4.69, 9.17) is 0 Å². The first-order valence-corrected chi connectivity index (χ1v) is 5.30. The molecule has 0 rings (SSSR count). The normalized spacial score (nSPS) is 9.46. The van der Waals surface area contributed by atoms with Crippen molar-refractivity contribution in [2.45, 2.75) is 13.3 Å². The van der Waals surface area contributed by atoms with Crippen LogP contribution in [-0.2, 0) is 9.59 Å². The van der Waals surface area contributed by atoms with Crippen LogP contribution >= 0.6 is 15.9 Å². The largest absolute Gasteiger partial charge is 0.347 e. The maximum atomic E-state index is 11.2. The molecule has 0 aromatic rings. The first-order valence-electron chi connectivity index (χ1n) is 4.18. The number of nitrogens with zero attached hydrogens (tertiary/aromatic N) is 1. The predicted octanol–water partition coefficient (Wildman–Crippen LogP) is 0.366. The third-order valence-electron chi connectivity index (χ3n) is 1.66. The third-order valence-corrected chi connectivity index (χ3v) is 2.05. The topological polar surface area (TPSA) is 49.4 Å². The summed E-state index contributed by atoms with van der Waals surface area (Å²) in [4.78, 5) is 23.7. The molecule has 0 aliphatic heterocycles. The molecule has 0 aliphatic carbocycles. The van der Waals surface area contributed by atoms with E-state index >= 15 is 0 Å². The van der Waals surface area contributed by atoms with Crippen molar-refractivity contribution in [1.29, 1.82) is 0 Å². The van der Waals surface area contributed by atoms with E-state index < -0.39 is 0 Å². The number of hydrogen-bond donors (Lipinski definition) is 1. The summed E-state index contributed by atoms with van der Waals surface area (Å²) in [7, 11) is 1.71. The fourth-order valence-electron chi connectivity index (χ4n) is 0.660. The molecule has 0 spiro atoms. The first-order chi connectivity index (χ1) is 6.11. The van der Waals surface area contributed by atoms with Crippen molar-refractivity contribution in [3.8, 4) is 0 Å². The van der Waals surface area contributed by atoms with E-state index in [1.807, 2.05) is 6.92 Å². The summed E-state index contributed by atoms with van der Waals surface area (Å²) in [6.45, 7) is 2.64. The quantitative estimate of drug-likeness (QED) is 0.717. The van der Waals surface area contributed by atoms with Gasteiger partial charge in [-0.25, -0.2) is 0 Å². The Bertz CT molecular complexity index is 185. The van der Waals surface area contributed by atoms with Gasteiger partial charge in [-0.15, -0.1) is 0 Å². The molecule has 0 saturated carbocycles.